The van der Waals surface area contributed by atoms with E-state index in [-0.39, 0.29) is 30.3 Å². The molecule has 4 atom stereocenters. The smallest absolute Gasteiger partial charge is 0.234 e. The van der Waals surface area contributed by atoms with Crippen LogP contribution < -0.4 is 5.32 Å². The molecule has 1 aromatic carbocycles. The minimum Gasteiger partial charge on any atom is -0.367 e. The van der Waals surface area contributed by atoms with E-state index in [1.165, 1.54) is 4.90 Å². The van der Waals surface area contributed by atoms with Crippen LogP contribution in [-0.4, -0.2) is 23.4 Å². The number of hydrogen-bond donors (Lipinski definition) is 1. The molecule has 1 saturated heterocycles. The maximum atomic E-state index is 12.6. The Labute approximate surface area is 134 Å². The minimum absolute atomic E-state index is 0.0212. The Morgan fingerprint density at radius 3 is 2.41 bits per heavy atom. The molecule has 3 fully saturated rings. The highest BCUT2D eigenvalue weighted by molar-refractivity contribution is 6.31. The second-order valence-electron chi connectivity index (χ2n) is 6.79. The van der Waals surface area contributed by atoms with Gasteiger partial charge in [0.25, 0.3) is 0 Å². The van der Waals surface area contributed by atoms with E-state index >= 15 is 0 Å². The summed E-state index contributed by atoms with van der Waals surface area (Å²) in [6, 6.07) is 5.66. The summed E-state index contributed by atoms with van der Waals surface area (Å²) in [5.74, 6) is 0.820. The van der Waals surface area contributed by atoms with Crippen LogP contribution >= 0.6 is 11.6 Å². The standard InChI is InChI=1S/C17H19ClN2O2/c1-9-2-5-12(7-13(9)18)19-8-20-16(21)14-10-3-4-11(6-10)15(14)17(20)22/h2,5,7,10-11,14-15,19H,3-4,6,8H2,1H3/t10-,11+,14-,15+. The van der Waals surface area contributed by atoms with Crippen molar-refractivity contribution in [3.63, 3.8) is 0 Å². The highest BCUT2D eigenvalue weighted by Gasteiger charge is 2.60. The van der Waals surface area contributed by atoms with E-state index in [9.17, 15) is 9.59 Å². The average Bonchev–Trinajstić information content (AvgIpc) is 3.16. The second-order valence-corrected chi connectivity index (χ2v) is 7.20. The summed E-state index contributed by atoms with van der Waals surface area (Å²) in [7, 11) is 0. The maximum absolute atomic E-state index is 12.6. The van der Waals surface area contributed by atoms with Crippen LogP contribution in [0.5, 0.6) is 0 Å². The second kappa shape index (κ2) is 4.98. The Morgan fingerprint density at radius 1 is 1.18 bits per heavy atom. The van der Waals surface area contributed by atoms with E-state index < -0.39 is 0 Å². The molecular weight excluding hydrogens is 300 g/mol. The first-order valence-electron chi connectivity index (χ1n) is 7.91. The number of rotatable bonds is 3. The number of carbonyl (C=O) groups is 2. The summed E-state index contributed by atoms with van der Waals surface area (Å²) in [6.45, 7) is 2.18. The van der Waals surface area contributed by atoms with Gasteiger partial charge in [0, 0.05) is 10.7 Å². The van der Waals surface area contributed by atoms with Gasteiger partial charge in [-0.3, -0.25) is 14.5 Å². The highest BCUT2D eigenvalue weighted by Crippen LogP contribution is 2.56. The molecule has 0 unspecified atom stereocenters. The van der Waals surface area contributed by atoms with Gasteiger partial charge in [0.05, 0.1) is 18.5 Å². The minimum atomic E-state index is -0.0466. The Morgan fingerprint density at radius 2 is 1.82 bits per heavy atom. The molecule has 1 heterocycles. The first-order valence-corrected chi connectivity index (χ1v) is 8.29. The van der Waals surface area contributed by atoms with Crippen molar-refractivity contribution in [1.29, 1.82) is 0 Å². The fourth-order valence-corrected chi connectivity index (χ4v) is 4.68. The first-order chi connectivity index (χ1) is 10.6. The van der Waals surface area contributed by atoms with Crippen molar-refractivity contribution in [2.24, 2.45) is 23.7 Å². The number of halogens is 1. The molecule has 4 nitrogen and oxygen atoms in total. The Balaban J connectivity index is 1.48. The van der Waals surface area contributed by atoms with Gasteiger partial charge in [0.15, 0.2) is 0 Å². The summed E-state index contributed by atoms with van der Waals surface area (Å²) in [6.07, 6.45) is 3.29. The highest BCUT2D eigenvalue weighted by atomic mass is 35.5. The molecule has 1 N–H and O–H groups in total. The van der Waals surface area contributed by atoms with Crippen LogP contribution in [0.15, 0.2) is 18.2 Å². The molecule has 22 heavy (non-hydrogen) atoms. The number of nitrogens with zero attached hydrogens (tertiary/aromatic N) is 1. The molecule has 2 saturated carbocycles. The van der Waals surface area contributed by atoms with Crippen molar-refractivity contribution in [3.8, 4) is 0 Å². The zero-order valence-corrected chi connectivity index (χ0v) is 13.3. The third-order valence-corrected chi connectivity index (χ3v) is 6.04. The van der Waals surface area contributed by atoms with Gasteiger partial charge in [-0.15, -0.1) is 0 Å². The van der Waals surface area contributed by atoms with E-state index in [0.29, 0.717) is 16.9 Å². The fraction of sp³-hybridized carbons (Fsp3) is 0.529. The predicted molar refractivity (Wildman–Crippen MR) is 84.3 cm³/mol. The number of nitrogens with one attached hydrogen (secondary N) is 1. The molecule has 2 aliphatic carbocycles. The number of aryl methyl sites for hydroxylation is 1. The SMILES string of the molecule is Cc1ccc(NCN2C(=O)[C@@H]3[C@@H]4CC[C@@H](C4)[C@@H]3C2=O)cc1Cl. The average molecular weight is 319 g/mol. The summed E-state index contributed by atoms with van der Waals surface area (Å²) in [5.41, 5.74) is 1.84. The van der Waals surface area contributed by atoms with Crippen LogP contribution in [0.2, 0.25) is 5.02 Å². The summed E-state index contributed by atoms with van der Waals surface area (Å²) in [5, 5.41) is 3.83. The molecule has 0 spiro atoms. The van der Waals surface area contributed by atoms with E-state index in [1.807, 2.05) is 25.1 Å². The zero-order valence-electron chi connectivity index (χ0n) is 12.5. The number of amides is 2. The summed E-state index contributed by atoms with van der Waals surface area (Å²) < 4.78 is 0. The first kappa shape index (κ1) is 14.1. The van der Waals surface area contributed by atoms with Crippen molar-refractivity contribution in [2.45, 2.75) is 26.2 Å². The van der Waals surface area contributed by atoms with Crippen molar-refractivity contribution in [3.05, 3.63) is 28.8 Å². The quantitative estimate of drug-likeness (QED) is 0.871. The summed E-state index contributed by atoms with van der Waals surface area (Å²) >= 11 is 6.10. The molecule has 116 valence electrons. The van der Waals surface area contributed by atoms with Gasteiger partial charge in [-0.05, 0) is 55.7 Å². The number of benzene rings is 1. The molecule has 2 bridgehead atoms. The molecule has 5 heteroatoms. The van der Waals surface area contributed by atoms with Gasteiger partial charge >= 0.3 is 0 Å². The largest absolute Gasteiger partial charge is 0.367 e. The van der Waals surface area contributed by atoms with E-state index in [0.717, 1.165) is 30.5 Å². The Hall–Kier alpha value is -1.55. The maximum Gasteiger partial charge on any atom is 0.234 e. The normalized spacial score (nSPS) is 32.7. The number of anilines is 1. The van der Waals surface area contributed by atoms with Crippen molar-refractivity contribution in [1.82, 2.24) is 4.90 Å². The molecule has 0 radical (unpaired) electrons. The number of likely N-dealkylation sites (tertiary alicyclic amines) is 1. The molecular formula is C17H19ClN2O2. The molecule has 2 amide bonds. The molecule has 1 aliphatic heterocycles. The lowest BCUT2D eigenvalue weighted by Gasteiger charge is -2.19. The third kappa shape index (κ3) is 1.97. The summed E-state index contributed by atoms with van der Waals surface area (Å²) in [4.78, 5) is 26.5. The van der Waals surface area contributed by atoms with Gasteiger partial charge in [-0.2, -0.15) is 0 Å². The number of fused-ring (bicyclic) bond motifs is 5. The Kier molecular flexibility index (Phi) is 3.19. The number of imide groups is 1. The molecule has 1 aromatic rings. The van der Waals surface area contributed by atoms with Gasteiger partial charge < -0.3 is 5.32 Å². The number of carbonyl (C=O) groups excluding carboxylic acids is 2. The monoisotopic (exact) mass is 318 g/mol. The van der Waals surface area contributed by atoms with E-state index in [1.54, 1.807) is 0 Å². The van der Waals surface area contributed by atoms with Gasteiger partial charge in [0.1, 0.15) is 0 Å². The van der Waals surface area contributed by atoms with Gasteiger partial charge in [-0.25, -0.2) is 0 Å². The number of hydrogen-bond acceptors (Lipinski definition) is 3. The Bertz CT molecular complexity index is 632. The molecule has 4 rings (SSSR count). The van der Waals surface area contributed by atoms with Gasteiger partial charge in [0.2, 0.25) is 11.8 Å². The molecule has 0 aromatic heterocycles. The van der Waals surface area contributed by atoms with Gasteiger partial charge in [-0.1, -0.05) is 17.7 Å². The predicted octanol–water partition coefficient (Wildman–Crippen LogP) is 3.05. The lowest BCUT2D eigenvalue weighted by atomic mass is 9.81. The molecule has 3 aliphatic rings. The van der Waals surface area contributed by atoms with Crippen LogP contribution in [-0.2, 0) is 9.59 Å². The van der Waals surface area contributed by atoms with E-state index in [2.05, 4.69) is 5.32 Å². The fourth-order valence-electron chi connectivity index (χ4n) is 4.50. The van der Waals surface area contributed by atoms with Crippen molar-refractivity contribution in [2.75, 3.05) is 12.0 Å². The third-order valence-electron chi connectivity index (χ3n) is 5.63. The van der Waals surface area contributed by atoms with Crippen LogP contribution in [0.25, 0.3) is 0 Å². The van der Waals surface area contributed by atoms with Crippen LogP contribution in [0, 0.1) is 30.6 Å². The van der Waals surface area contributed by atoms with Crippen LogP contribution in [0.3, 0.4) is 0 Å². The lowest BCUT2D eigenvalue weighted by molar-refractivity contribution is -0.140. The zero-order chi connectivity index (χ0) is 15.4. The van der Waals surface area contributed by atoms with Crippen LogP contribution in [0.4, 0.5) is 5.69 Å². The van der Waals surface area contributed by atoms with Crippen molar-refractivity contribution >= 4 is 29.1 Å². The topological polar surface area (TPSA) is 49.4 Å². The van der Waals surface area contributed by atoms with Crippen molar-refractivity contribution < 1.29 is 9.59 Å². The van der Waals surface area contributed by atoms with E-state index in [4.69, 9.17) is 11.6 Å². The lowest BCUT2D eigenvalue weighted by Crippen LogP contribution is -2.36. The van der Waals surface area contributed by atoms with Crippen LogP contribution in [0.1, 0.15) is 24.8 Å².